The third-order valence-electron chi connectivity index (χ3n) is 4.98. The van der Waals surface area contributed by atoms with E-state index in [4.69, 9.17) is 4.42 Å². The summed E-state index contributed by atoms with van der Waals surface area (Å²) in [5, 5.41) is 4.95. The van der Waals surface area contributed by atoms with Crippen molar-refractivity contribution in [2.75, 3.05) is 7.05 Å². The Hall–Kier alpha value is -3.33. The van der Waals surface area contributed by atoms with Crippen molar-refractivity contribution in [3.8, 4) is 11.1 Å². The molecule has 0 unspecified atom stereocenters. The van der Waals surface area contributed by atoms with Gasteiger partial charge in [0.05, 0.1) is 23.8 Å². The molecular formula is C25H28F3N3O2S. The molecule has 0 aromatic carbocycles. The molecule has 9 heteroatoms. The number of nitrogens with one attached hydrogen (secondary N) is 1. The Labute approximate surface area is 200 Å². The van der Waals surface area contributed by atoms with Crippen molar-refractivity contribution in [3.63, 3.8) is 0 Å². The third kappa shape index (κ3) is 5.96. The van der Waals surface area contributed by atoms with Gasteiger partial charge in [-0.25, -0.2) is 4.98 Å². The second kappa shape index (κ2) is 11.2. The van der Waals surface area contributed by atoms with Gasteiger partial charge in [0.25, 0.3) is 0 Å². The molecule has 0 aliphatic heterocycles. The topological polar surface area (TPSA) is 59.5 Å². The molecule has 0 bridgehead atoms. The lowest BCUT2D eigenvalue weighted by molar-refractivity contribution is -0.136. The van der Waals surface area contributed by atoms with Crippen LogP contribution in [0.1, 0.15) is 47.9 Å². The molecule has 0 amide bonds. The largest absolute Gasteiger partial charge is 0.472 e. The highest BCUT2D eigenvalue weighted by atomic mass is 32.1. The van der Waals surface area contributed by atoms with Crippen LogP contribution in [0.25, 0.3) is 16.8 Å². The molecule has 4 heterocycles. The summed E-state index contributed by atoms with van der Waals surface area (Å²) in [5.41, 5.74) is 0.473. The predicted octanol–water partition coefficient (Wildman–Crippen LogP) is 7.04. The normalized spacial score (nSPS) is 10.9. The SMILES string of the molecule is C.C=C(Cc1c(C(C)=O)nc2c(C(F)(F)F)cc(-c3ccoc3)cn12)NC.CCc1cccs1. The number of rotatable bonds is 6. The molecule has 0 spiro atoms. The van der Waals surface area contributed by atoms with Crippen LogP contribution in [0.4, 0.5) is 13.2 Å². The minimum absolute atomic E-state index is 0. The molecule has 0 aliphatic rings. The van der Waals surface area contributed by atoms with Gasteiger partial charge in [0.2, 0.25) is 0 Å². The number of aryl methyl sites for hydroxylation is 1. The van der Waals surface area contributed by atoms with Crippen LogP contribution in [-0.4, -0.2) is 22.2 Å². The number of thiophene rings is 1. The first kappa shape index (κ1) is 26.9. The second-order valence-electron chi connectivity index (χ2n) is 7.27. The summed E-state index contributed by atoms with van der Waals surface area (Å²) >= 11 is 1.82. The van der Waals surface area contributed by atoms with E-state index < -0.39 is 17.5 Å². The Morgan fingerprint density at radius 1 is 1.29 bits per heavy atom. The van der Waals surface area contributed by atoms with Crippen LogP contribution in [0.3, 0.4) is 0 Å². The number of hydrogen-bond acceptors (Lipinski definition) is 5. The number of hydrogen-bond donors (Lipinski definition) is 1. The number of carbonyl (C=O) groups excluding carboxylic acids is 1. The van der Waals surface area contributed by atoms with Crippen LogP contribution >= 0.6 is 11.3 Å². The second-order valence-corrected chi connectivity index (χ2v) is 8.30. The number of carbonyl (C=O) groups is 1. The molecule has 0 saturated carbocycles. The molecule has 4 aromatic rings. The number of Topliss-reactive ketones (excluding diaryl/α,β-unsaturated/α-hetero) is 1. The molecule has 0 aliphatic carbocycles. The Bertz CT molecular complexity index is 1240. The third-order valence-corrected chi connectivity index (χ3v) is 6.00. The lowest BCUT2D eigenvalue weighted by Gasteiger charge is -2.12. The number of likely N-dealkylation sites (N-methyl/N-ethyl adjacent to an activating group) is 1. The van der Waals surface area contributed by atoms with Crippen molar-refractivity contribution in [2.45, 2.75) is 40.3 Å². The van der Waals surface area contributed by atoms with E-state index in [9.17, 15) is 18.0 Å². The molecule has 0 atom stereocenters. The number of halogens is 3. The Morgan fingerprint density at radius 2 is 2.03 bits per heavy atom. The maximum atomic E-state index is 13.6. The van der Waals surface area contributed by atoms with E-state index in [2.05, 4.69) is 41.3 Å². The van der Waals surface area contributed by atoms with Crippen LogP contribution < -0.4 is 5.32 Å². The molecule has 4 aromatic heterocycles. The summed E-state index contributed by atoms with van der Waals surface area (Å²) in [4.78, 5) is 17.4. The van der Waals surface area contributed by atoms with Crippen molar-refractivity contribution < 1.29 is 22.4 Å². The Kier molecular flexibility index (Phi) is 8.86. The number of ketones is 1. The highest BCUT2D eigenvalue weighted by Crippen LogP contribution is 2.36. The maximum absolute atomic E-state index is 13.6. The number of allylic oxidation sites excluding steroid dienone is 1. The Balaban J connectivity index is 0.000000439. The first-order valence-corrected chi connectivity index (χ1v) is 11.1. The van der Waals surface area contributed by atoms with Crippen molar-refractivity contribution in [2.24, 2.45) is 0 Å². The monoisotopic (exact) mass is 491 g/mol. The van der Waals surface area contributed by atoms with E-state index in [0.29, 0.717) is 22.5 Å². The minimum atomic E-state index is -4.63. The summed E-state index contributed by atoms with van der Waals surface area (Å²) in [6.07, 6.45) is 0.975. The molecule has 34 heavy (non-hydrogen) atoms. The van der Waals surface area contributed by atoms with Gasteiger partial charge in [-0.15, -0.1) is 11.3 Å². The average Bonchev–Trinajstić information content (AvgIpc) is 3.53. The van der Waals surface area contributed by atoms with E-state index in [1.54, 1.807) is 13.1 Å². The number of alkyl halides is 3. The summed E-state index contributed by atoms with van der Waals surface area (Å²) in [6, 6.07) is 6.82. The van der Waals surface area contributed by atoms with Gasteiger partial charge in [-0.05, 0) is 30.0 Å². The van der Waals surface area contributed by atoms with E-state index in [1.807, 2.05) is 11.3 Å². The molecule has 0 saturated heterocycles. The Morgan fingerprint density at radius 3 is 2.50 bits per heavy atom. The molecule has 1 N–H and O–H groups in total. The van der Waals surface area contributed by atoms with E-state index in [1.165, 1.54) is 41.3 Å². The number of aromatic nitrogens is 2. The van der Waals surface area contributed by atoms with Gasteiger partial charge in [-0.3, -0.25) is 4.79 Å². The van der Waals surface area contributed by atoms with Crippen molar-refractivity contribution >= 4 is 22.8 Å². The molecule has 0 fully saturated rings. The van der Waals surface area contributed by atoms with Crippen molar-refractivity contribution in [1.82, 2.24) is 14.7 Å². The molecule has 5 nitrogen and oxygen atoms in total. The number of imidazole rings is 1. The van der Waals surface area contributed by atoms with Crippen LogP contribution in [0.15, 0.2) is 65.1 Å². The summed E-state index contributed by atoms with van der Waals surface area (Å²) < 4.78 is 47.1. The van der Waals surface area contributed by atoms with Gasteiger partial charge in [0, 0.05) is 48.3 Å². The smallest absolute Gasteiger partial charge is 0.420 e. The molecular weight excluding hydrogens is 463 g/mol. The zero-order valence-electron chi connectivity index (χ0n) is 18.5. The van der Waals surface area contributed by atoms with Gasteiger partial charge >= 0.3 is 6.18 Å². The van der Waals surface area contributed by atoms with Crippen LogP contribution in [-0.2, 0) is 19.0 Å². The van der Waals surface area contributed by atoms with E-state index >= 15 is 0 Å². The summed E-state index contributed by atoms with van der Waals surface area (Å²) in [5.74, 6) is -0.411. The molecule has 4 rings (SSSR count). The van der Waals surface area contributed by atoms with Gasteiger partial charge in [-0.2, -0.15) is 13.2 Å². The quantitative estimate of drug-likeness (QED) is 0.294. The lowest BCUT2D eigenvalue weighted by Crippen LogP contribution is -2.12. The zero-order chi connectivity index (χ0) is 24.2. The standard InChI is InChI=1S/C18H16F3N3O2.C6H8S.CH4/c1-10(22-3)6-15-16(11(2)25)23-17-14(18(19,20)21)7-13(8-24(15)17)12-4-5-26-9-12;1-2-6-4-3-5-7-6;/h4-5,7-9,22H,1,6H2,2-3H3;3-5H,2H2,1H3;1H4. The van der Waals surface area contributed by atoms with Crippen LogP contribution in [0.5, 0.6) is 0 Å². The van der Waals surface area contributed by atoms with Crippen LogP contribution in [0.2, 0.25) is 0 Å². The fourth-order valence-corrected chi connectivity index (χ4v) is 3.90. The lowest BCUT2D eigenvalue weighted by atomic mass is 10.1. The zero-order valence-corrected chi connectivity index (χ0v) is 19.3. The number of fused-ring (bicyclic) bond motifs is 1. The summed E-state index contributed by atoms with van der Waals surface area (Å²) in [6.45, 7) is 7.25. The fraction of sp³-hybridized carbons (Fsp3) is 0.280. The van der Waals surface area contributed by atoms with Gasteiger partial charge in [-0.1, -0.05) is 27.0 Å². The minimum Gasteiger partial charge on any atom is -0.472 e. The van der Waals surface area contributed by atoms with Crippen molar-refractivity contribution in [3.05, 3.63) is 82.5 Å². The number of furan rings is 1. The average molecular weight is 492 g/mol. The number of pyridine rings is 1. The van der Waals surface area contributed by atoms with Gasteiger partial charge in [0.15, 0.2) is 5.78 Å². The fourth-order valence-electron chi connectivity index (χ4n) is 3.24. The highest BCUT2D eigenvalue weighted by molar-refractivity contribution is 7.09. The number of nitrogens with zero attached hydrogens (tertiary/aromatic N) is 2. The first-order valence-electron chi connectivity index (χ1n) is 10.2. The van der Waals surface area contributed by atoms with Crippen LogP contribution in [0, 0.1) is 0 Å². The maximum Gasteiger partial charge on any atom is 0.420 e. The first-order chi connectivity index (χ1) is 15.7. The predicted molar refractivity (Wildman–Crippen MR) is 130 cm³/mol. The van der Waals surface area contributed by atoms with Crippen molar-refractivity contribution in [1.29, 1.82) is 0 Å². The van der Waals surface area contributed by atoms with Gasteiger partial charge in [0.1, 0.15) is 11.3 Å². The van der Waals surface area contributed by atoms with E-state index in [0.717, 1.165) is 6.07 Å². The van der Waals surface area contributed by atoms with E-state index in [-0.39, 0.29) is 25.2 Å². The summed E-state index contributed by atoms with van der Waals surface area (Å²) in [7, 11) is 1.65. The molecule has 182 valence electrons. The highest BCUT2D eigenvalue weighted by Gasteiger charge is 2.36. The molecule has 0 radical (unpaired) electrons. The van der Waals surface area contributed by atoms with Gasteiger partial charge < -0.3 is 14.1 Å².